The van der Waals surface area contributed by atoms with Crippen molar-refractivity contribution in [2.24, 2.45) is 0 Å². The Labute approximate surface area is 455 Å². The van der Waals surface area contributed by atoms with Crippen molar-refractivity contribution in [3.63, 3.8) is 0 Å². The first-order valence-electron chi connectivity index (χ1n) is 30.6. The second kappa shape index (κ2) is 48.1. The summed E-state index contributed by atoms with van der Waals surface area (Å²) in [4.78, 5) is 13.1. The highest BCUT2D eigenvalue weighted by atomic mass is 16.7. The Kier molecular flexibility index (Phi) is 44.5. The van der Waals surface area contributed by atoms with E-state index in [9.17, 15) is 40.5 Å². The molecule has 14 nitrogen and oxygen atoms in total. The van der Waals surface area contributed by atoms with Gasteiger partial charge in [0.05, 0.1) is 26.4 Å². The van der Waals surface area contributed by atoms with Crippen LogP contribution in [0.15, 0.2) is 36.5 Å². The molecule has 2 heterocycles. The van der Waals surface area contributed by atoms with E-state index in [2.05, 4.69) is 50.3 Å². The van der Waals surface area contributed by atoms with E-state index in [1.54, 1.807) is 0 Å². The molecule has 0 aromatic rings. The fourth-order valence-corrected chi connectivity index (χ4v) is 9.71. The molecule has 75 heavy (non-hydrogen) atoms. The number of carbonyl (C=O) groups excluding carboxylic acids is 1. The molecule has 2 rings (SSSR count). The molecule has 7 N–H and O–H groups in total. The summed E-state index contributed by atoms with van der Waals surface area (Å²) in [5.74, 6) is -0.379. The summed E-state index contributed by atoms with van der Waals surface area (Å²) in [6.45, 7) is 3.72. The van der Waals surface area contributed by atoms with Crippen molar-refractivity contribution in [2.45, 2.75) is 313 Å². The summed E-state index contributed by atoms with van der Waals surface area (Å²) in [5.41, 5.74) is 0. The Morgan fingerprint density at radius 3 is 1.29 bits per heavy atom. The molecule has 2 aliphatic heterocycles. The summed E-state index contributed by atoms with van der Waals surface area (Å²) in [6.07, 6.45) is 40.6. The van der Waals surface area contributed by atoms with Gasteiger partial charge >= 0.3 is 5.97 Å². The smallest absolute Gasteiger partial charge is 0.306 e. The lowest BCUT2D eigenvalue weighted by Gasteiger charge is -2.42. The van der Waals surface area contributed by atoms with Crippen LogP contribution in [0.4, 0.5) is 0 Å². The molecule has 2 fully saturated rings. The molecule has 0 aliphatic carbocycles. The van der Waals surface area contributed by atoms with Crippen molar-refractivity contribution in [1.82, 2.24) is 0 Å². The van der Waals surface area contributed by atoms with Crippen LogP contribution in [-0.4, -0.2) is 142 Å². The zero-order valence-corrected chi connectivity index (χ0v) is 47.3. The summed E-state index contributed by atoms with van der Waals surface area (Å²) in [6, 6.07) is 0. The second-order valence-corrected chi connectivity index (χ2v) is 21.5. The van der Waals surface area contributed by atoms with Gasteiger partial charge in [0.1, 0.15) is 54.9 Å². The van der Waals surface area contributed by atoms with Crippen LogP contribution >= 0.6 is 0 Å². The van der Waals surface area contributed by atoms with Gasteiger partial charge in [0.2, 0.25) is 0 Å². The molecule has 0 spiro atoms. The number of allylic oxidation sites excluding steroid dienone is 6. The summed E-state index contributed by atoms with van der Waals surface area (Å²) < 4.78 is 34.4. The third kappa shape index (κ3) is 34.7. The van der Waals surface area contributed by atoms with Gasteiger partial charge < -0.3 is 64.2 Å². The molecule has 0 saturated carbocycles. The van der Waals surface area contributed by atoms with Crippen LogP contribution in [-0.2, 0) is 33.2 Å². The lowest BCUT2D eigenvalue weighted by atomic mass is 9.98. The maximum absolute atomic E-state index is 13.1. The average molecular weight is 1070 g/mol. The van der Waals surface area contributed by atoms with Crippen molar-refractivity contribution in [1.29, 1.82) is 0 Å². The SMILES string of the molecule is CCCCCCC/C=C\C/C=C\C/C=C\CCCCCCCCCCC(=O)OC(COCCCCCCCCCCCCCCCCCCCC)COC1OC(COC2OC(CO)C(O)C(O)C2O)C(O)C(O)C1O. The van der Waals surface area contributed by atoms with E-state index < -0.39 is 80.7 Å². The molecule has 440 valence electrons. The number of unbranched alkanes of at least 4 members (excludes halogenated alkanes) is 30. The lowest BCUT2D eigenvalue weighted by molar-refractivity contribution is -0.332. The van der Waals surface area contributed by atoms with Crippen LogP contribution in [0, 0.1) is 0 Å². The quantitative estimate of drug-likeness (QED) is 0.0172. The molecule has 0 radical (unpaired) electrons. The van der Waals surface area contributed by atoms with E-state index in [0.29, 0.717) is 13.0 Å². The first-order valence-corrected chi connectivity index (χ1v) is 30.6. The van der Waals surface area contributed by atoms with Gasteiger partial charge in [-0.25, -0.2) is 0 Å². The number of rotatable bonds is 50. The number of hydrogen-bond donors (Lipinski definition) is 7. The van der Waals surface area contributed by atoms with Gasteiger partial charge in [0, 0.05) is 13.0 Å². The van der Waals surface area contributed by atoms with Gasteiger partial charge in [-0.1, -0.05) is 224 Å². The maximum atomic E-state index is 13.1. The number of aliphatic hydroxyl groups is 7. The predicted molar refractivity (Wildman–Crippen MR) is 298 cm³/mol. The van der Waals surface area contributed by atoms with Gasteiger partial charge in [0.25, 0.3) is 0 Å². The van der Waals surface area contributed by atoms with Gasteiger partial charge in [0.15, 0.2) is 12.6 Å². The van der Waals surface area contributed by atoms with Crippen LogP contribution in [0.1, 0.15) is 245 Å². The molecule has 0 bridgehead atoms. The van der Waals surface area contributed by atoms with Crippen LogP contribution in [0.5, 0.6) is 0 Å². The fourth-order valence-electron chi connectivity index (χ4n) is 9.71. The highest BCUT2D eigenvalue weighted by Gasteiger charge is 2.47. The normalized spacial score (nSPS) is 24.8. The minimum atomic E-state index is -1.71. The minimum Gasteiger partial charge on any atom is -0.457 e. The zero-order valence-electron chi connectivity index (χ0n) is 47.3. The maximum Gasteiger partial charge on any atom is 0.306 e. The van der Waals surface area contributed by atoms with Crippen molar-refractivity contribution < 1.29 is 69.0 Å². The molecule has 2 aliphatic rings. The third-order valence-electron chi connectivity index (χ3n) is 14.7. The summed E-state index contributed by atoms with van der Waals surface area (Å²) in [7, 11) is 0. The largest absolute Gasteiger partial charge is 0.457 e. The van der Waals surface area contributed by atoms with E-state index >= 15 is 0 Å². The molecular weight excluding hydrogens is 957 g/mol. The third-order valence-corrected chi connectivity index (χ3v) is 14.7. The molecule has 0 aromatic carbocycles. The first kappa shape index (κ1) is 69.3. The molecule has 2 saturated heterocycles. The predicted octanol–water partition coefficient (Wildman–Crippen LogP) is 11.3. The summed E-state index contributed by atoms with van der Waals surface area (Å²) >= 11 is 0. The number of ether oxygens (including phenoxy) is 6. The first-order chi connectivity index (χ1) is 36.6. The molecule has 0 amide bonds. The summed E-state index contributed by atoms with van der Waals surface area (Å²) in [5, 5.41) is 72.4. The molecular formula is C61H112O14. The van der Waals surface area contributed by atoms with Crippen molar-refractivity contribution in [2.75, 3.05) is 33.0 Å². The monoisotopic (exact) mass is 1070 g/mol. The Balaban J connectivity index is 1.70. The highest BCUT2D eigenvalue weighted by molar-refractivity contribution is 5.69. The number of aliphatic hydroxyl groups excluding tert-OH is 7. The zero-order chi connectivity index (χ0) is 54.4. The van der Waals surface area contributed by atoms with Gasteiger partial charge in [-0.05, 0) is 51.4 Å². The van der Waals surface area contributed by atoms with Gasteiger partial charge in [-0.15, -0.1) is 0 Å². The Hall–Kier alpha value is -1.79. The fraction of sp³-hybridized carbons (Fsp3) is 0.885. The number of esters is 1. The van der Waals surface area contributed by atoms with Crippen LogP contribution in [0.25, 0.3) is 0 Å². The average Bonchev–Trinajstić information content (AvgIpc) is 3.41. The molecule has 11 atom stereocenters. The Morgan fingerprint density at radius 2 is 0.827 bits per heavy atom. The topological polar surface area (TPSA) is 214 Å². The minimum absolute atomic E-state index is 0.0619. The van der Waals surface area contributed by atoms with Crippen molar-refractivity contribution in [3.8, 4) is 0 Å². The van der Waals surface area contributed by atoms with E-state index in [0.717, 1.165) is 57.8 Å². The van der Waals surface area contributed by atoms with E-state index in [1.165, 1.54) is 161 Å². The number of carbonyl (C=O) groups is 1. The molecule has 0 aromatic heterocycles. The molecule has 11 unspecified atom stereocenters. The Morgan fingerprint density at radius 1 is 0.440 bits per heavy atom. The van der Waals surface area contributed by atoms with E-state index in [-0.39, 0.29) is 25.6 Å². The highest BCUT2D eigenvalue weighted by Crippen LogP contribution is 2.27. The van der Waals surface area contributed by atoms with E-state index in [4.69, 9.17) is 28.4 Å². The number of hydrogen-bond acceptors (Lipinski definition) is 14. The van der Waals surface area contributed by atoms with Crippen LogP contribution in [0.2, 0.25) is 0 Å². The second-order valence-electron chi connectivity index (χ2n) is 21.5. The lowest BCUT2D eigenvalue weighted by Crippen LogP contribution is -2.61. The standard InChI is InChI=1S/C61H112O14/c1-3-5-7-9-11-13-15-17-19-21-23-24-25-26-27-28-30-32-34-36-38-40-42-44-53(63)73-50(47-70-45-43-41-39-37-35-33-31-29-22-20-18-16-14-12-10-8-6-4-2)48-71-60-59(69)57(67)55(65)52(75-60)49-72-61-58(68)56(66)54(64)51(46-62)74-61/h15,17,21,23,25-26,50-52,54-62,64-69H,3-14,16,18-20,22,24,27-49H2,1-2H3/b17-15-,23-21-,26-25-. The molecule has 14 heteroatoms. The van der Waals surface area contributed by atoms with Crippen molar-refractivity contribution in [3.05, 3.63) is 36.5 Å². The van der Waals surface area contributed by atoms with E-state index in [1.807, 2.05) is 0 Å². The Bertz CT molecular complexity index is 1380. The van der Waals surface area contributed by atoms with Crippen molar-refractivity contribution >= 4 is 5.97 Å². The van der Waals surface area contributed by atoms with Gasteiger partial charge in [-0.2, -0.15) is 0 Å². The van der Waals surface area contributed by atoms with Crippen LogP contribution in [0.3, 0.4) is 0 Å². The van der Waals surface area contributed by atoms with Crippen LogP contribution < -0.4 is 0 Å². The van der Waals surface area contributed by atoms with Gasteiger partial charge in [-0.3, -0.25) is 4.79 Å².